The van der Waals surface area contributed by atoms with Gasteiger partial charge >= 0.3 is 15.4 Å². The number of anilines is 1. The van der Waals surface area contributed by atoms with Crippen molar-refractivity contribution < 1.29 is 47.4 Å². The lowest BCUT2D eigenvalue weighted by atomic mass is 10.1. The first-order chi connectivity index (χ1) is 14.0. The first-order valence-electron chi connectivity index (χ1n) is 8.61. The Hall–Kier alpha value is -1.51. The summed E-state index contributed by atoms with van der Waals surface area (Å²) in [5.74, 6) is -1.11. The number of aliphatic hydroxyl groups excluding tert-OH is 2. The molecule has 2 aliphatic rings. The number of phosphoric ester groups is 1. The van der Waals surface area contributed by atoms with E-state index in [4.69, 9.17) is 15.2 Å². The molecule has 2 aliphatic heterocycles. The van der Waals surface area contributed by atoms with Gasteiger partial charge in [-0.15, -0.1) is 0 Å². The minimum atomic E-state index is -5.00. The molecule has 6 N–H and O–H groups in total. The van der Waals surface area contributed by atoms with Gasteiger partial charge in [-0.05, 0) is 6.92 Å². The Morgan fingerprint density at radius 3 is 2.57 bits per heavy atom. The highest BCUT2D eigenvalue weighted by atomic mass is 31.3. The summed E-state index contributed by atoms with van der Waals surface area (Å²) >= 11 is 0. The molecule has 4 rings (SSSR count). The number of aliphatic hydroxyl groups is 2. The summed E-state index contributed by atoms with van der Waals surface area (Å²) in [6.07, 6.45) is -3.59. The Morgan fingerprint density at radius 2 is 1.90 bits per heavy atom. The van der Waals surface area contributed by atoms with E-state index >= 15 is 0 Å². The predicted octanol–water partition coefficient (Wildman–Crippen LogP) is -0.909. The lowest BCUT2D eigenvalue weighted by Gasteiger charge is -2.19. The molecule has 0 saturated carbocycles. The Morgan fingerprint density at radius 1 is 1.20 bits per heavy atom. The van der Waals surface area contributed by atoms with Crippen LogP contribution in [0.25, 0.3) is 11.2 Å². The van der Waals surface area contributed by atoms with Crippen molar-refractivity contribution in [2.75, 3.05) is 12.3 Å². The summed E-state index contributed by atoms with van der Waals surface area (Å²) in [6, 6.07) is 0. The second kappa shape index (κ2) is 7.57. The quantitative estimate of drug-likeness (QED) is 0.246. The fraction of sp³-hybridized carbons (Fsp3) is 0.615. The number of aromatic nitrogens is 4. The van der Waals surface area contributed by atoms with Crippen molar-refractivity contribution in [3.63, 3.8) is 0 Å². The number of fused-ring (bicyclic) bond motifs is 1. The molecule has 0 bridgehead atoms. The van der Waals surface area contributed by atoms with Crippen LogP contribution in [0.2, 0.25) is 0 Å². The molecule has 17 heteroatoms. The maximum Gasteiger partial charge on any atom is 0.479 e. The van der Waals surface area contributed by atoms with Gasteiger partial charge in [-0.2, -0.15) is 0 Å². The van der Waals surface area contributed by atoms with E-state index in [2.05, 4.69) is 23.8 Å². The smallest absolute Gasteiger partial charge is 0.387 e. The molecule has 15 nitrogen and oxygen atoms in total. The third-order valence-electron chi connectivity index (χ3n) is 4.62. The molecule has 8 unspecified atom stereocenters. The van der Waals surface area contributed by atoms with Crippen LogP contribution in [-0.2, 0) is 27.4 Å². The number of hydrogen-bond donors (Lipinski definition) is 5. The SMILES string of the molecule is CC1OC1P(=O)(O)OP(=O)(O)OCC1OC(n2cnc3c(N)ncnc32)C(O)C1O. The van der Waals surface area contributed by atoms with Gasteiger partial charge in [0.05, 0.1) is 19.0 Å². The van der Waals surface area contributed by atoms with Gasteiger partial charge in [-0.1, -0.05) is 0 Å². The van der Waals surface area contributed by atoms with Crippen molar-refractivity contribution in [3.05, 3.63) is 12.7 Å². The van der Waals surface area contributed by atoms with Crippen molar-refractivity contribution in [2.24, 2.45) is 0 Å². The van der Waals surface area contributed by atoms with Gasteiger partial charge in [0.15, 0.2) is 23.5 Å². The highest BCUT2D eigenvalue weighted by Gasteiger charge is 2.54. The summed E-state index contributed by atoms with van der Waals surface area (Å²) in [7, 11) is -9.56. The average molecular weight is 467 g/mol. The summed E-state index contributed by atoms with van der Waals surface area (Å²) in [5.41, 5.74) is 6.20. The molecule has 30 heavy (non-hydrogen) atoms. The van der Waals surface area contributed by atoms with Gasteiger partial charge in [-0.3, -0.25) is 13.7 Å². The highest BCUT2D eigenvalue weighted by Crippen LogP contribution is 2.66. The minimum Gasteiger partial charge on any atom is -0.387 e. The summed E-state index contributed by atoms with van der Waals surface area (Å²) in [5, 5.41) is 20.6. The van der Waals surface area contributed by atoms with E-state index in [9.17, 15) is 29.1 Å². The average Bonchev–Trinajstić information content (AvgIpc) is 3.15. The number of epoxide rings is 1. The standard InChI is InChI=1S/C13H19N5O10P2/c1-5-13(26-5)29(21,22)28-30(23,24)25-2-6-8(19)9(20)12(27-6)18-4-17-7-10(14)15-3-16-11(7)18/h3-6,8-9,12-13,19-20H,2H2,1H3,(H,21,22)(H,23,24)(H2,14,15,16). The van der Waals surface area contributed by atoms with E-state index in [1.165, 1.54) is 24.1 Å². The molecule has 4 heterocycles. The molecular formula is C13H19N5O10P2. The molecule has 0 radical (unpaired) electrons. The van der Waals surface area contributed by atoms with Crippen LogP contribution in [0.1, 0.15) is 13.2 Å². The van der Waals surface area contributed by atoms with Gasteiger partial charge in [-0.25, -0.2) is 23.8 Å². The van der Waals surface area contributed by atoms with E-state index in [0.29, 0.717) is 0 Å². The Kier molecular flexibility index (Phi) is 5.48. The van der Waals surface area contributed by atoms with Crippen LogP contribution in [0, 0.1) is 0 Å². The number of ether oxygens (including phenoxy) is 2. The number of rotatable bonds is 7. The van der Waals surface area contributed by atoms with Crippen LogP contribution in [-0.4, -0.2) is 76.4 Å². The van der Waals surface area contributed by atoms with E-state index in [1.54, 1.807) is 0 Å². The monoisotopic (exact) mass is 467 g/mol. The molecule has 2 aromatic rings. The van der Waals surface area contributed by atoms with Crippen LogP contribution in [0.4, 0.5) is 5.82 Å². The zero-order valence-corrected chi connectivity index (χ0v) is 17.1. The maximum atomic E-state index is 12.0. The highest BCUT2D eigenvalue weighted by molar-refractivity contribution is 7.64. The predicted molar refractivity (Wildman–Crippen MR) is 96.7 cm³/mol. The molecule has 0 amide bonds. The van der Waals surface area contributed by atoms with Crippen molar-refractivity contribution in [1.82, 2.24) is 19.5 Å². The normalized spacial score (nSPS) is 35.2. The van der Waals surface area contributed by atoms with Gasteiger partial charge in [0, 0.05) is 0 Å². The van der Waals surface area contributed by atoms with Gasteiger partial charge in [0.2, 0.25) is 0 Å². The molecule has 2 saturated heterocycles. The topological polar surface area (TPSA) is 225 Å². The molecule has 0 aromatic carbocycles. The first-order valence-corrected chi connectivity index (χ1v) is 11.8. The molecular weight excluding hydrogens is 448 g/mol. The van der Waals surface area contributed by atoms with Crippen LogP contribution in [0.3, 0.4) is 0 Å². The van der Waals surface area contributed by atoms with Gasteiger partial charge in [0.1, 0.15) is 30.2 Å². The number of phosphoric acid groups is 1. The van der Waals surface area contributed by atoms with E-state index in [1.807, 2.05) is 0 Å². The summed E-state index contributed by atoms with van der Waals surface area (Å²) in [6.45, 7) is 0.760. The zero-order valence-electron chi connectivity index (χ0n) is 15.3. The maximum absolute atomic E-state index is 12.0. The van der Waals surface area contributed by atoms with Crippen LogP contribution >= 0.6 is 15.4 Å². The van der Waals surface area contributed by atoms with Crippen molar-refractivity contribution in [3.8, 4) is 0 Å². The molecule has 2 fully saturated rings. The Bertz CT molecular complexity index is 1050. The molecule has 166 valence electrons. The Labute approximate surface area is 168 Å². The minimum absolute atomic E-state index is 0.104. The fourth-order valence-corrected chi connectivity index (χ4v) is 6.01. The lowest BCUT2D eigenvalue weighted by molar-refractivity contribution is -0.0502. The molecule has 0 spiro atoms. The number of nitrogens with zero attached hydrogens (tertiary/aromatic N) is 4. The van der Waals surface area contributed by atoms with E-state index in [-0.39, 0.29) is 17.0 Å². The van der Waals surface area contributed by atoms with E-state index < -0.39 is 58.5 Å². The third-order valence-corrected chi connectivity index (χ3v) is 8.04. The van der Waals surface area contributed by atoms with Crippen LogP contribution in [0.15, 0.2) is 12.7 Å². The van der Waals surface area contributed by atoms with Crippen LogP contribution in [0.5, 0.6) is 0 Å². The van der Waals surface area contributed by atoms with Gasteiger partial charge in [0.25, 0.3) is 0 Å². The summed E-state index contributed by atoms with van der Waals surface area (Å²) in [4.78, 5) is 31.3. The molecule has 8 atom stereocenters. The zero-order chi connectivity index (χ0) is 21.8. The van der Waals surface area contributed by atoms with Gasteiger partial charge < -0.3 is 35.2 Å². The first kappa shape index (κ1) is 21.7. The molecule has 2 aromatic heterocycles. The number of nitrogens with two attached hydrogens (primary N) is 1. The lowest BCUT2D eigenvalue weighted by Crippen LogP contribution is -2.33. The van der Waals surface area contributed by atoms with Crippen molar-refractivity contribution in [1.29, 1.82) is 0 Å². The number of nitrogen functional groups attached to an aromatic ring is 1. The number of hydrogen-bond acceptors (Lipinski definition) is 12. The molecule has 0 aliphatic carbocycles. The van der Waals surface area contributed by atoms with Crippen LogP contribution < -0.4 is 5.73 Å². The Balaban J connectivity index is 1.44. The largest absolute Gasteiger partial charge is 0.479 e. The fourth-order valence-electron chi connectivity index (χ4n) is 3.06. The second-order valence-electron chi connectivity index (χ2n) is 6.77. The van der Waals surface area contributed by atoms with Crippen molar-refractivity contribution >= 4 is 32.4 Å². The second-order valence-corrected chi connectivity index (χ2v) is 10.3. The number of imidazole rings is 1. The van der Waals surface area contributed by atoms with Crippen molar-refractivity contribution in [2.45, 2.75) is 43.4 Å². The van der Waals surface area contributed by atoms with E-state index in [0.717, 1.165) is 0 Å². The summed E-state index contributed by atoms with van der Waals surface area (Å²) < 4.78 is 44.6. The third kappa shape index (κ3) is 4.01.